The lowest BCUT2D eigenvalue weighted by Gasteiger charge is -2.39. The summed E-state index contributed by atoms with van der Waals surface area (Å²) in [6.45, 7) is 7.47. The lowest BCUT2D eigenvalue weighted by molar-refractivity contribution is 0.0490. The van der Waals surface area contributed by atoms with Crippen LogP contribution in [0.5, 0.6) is 5.75 Å². The molecule has 4 heteroatoms. The van der Waals surface area contributed by atoms with Crippen LogP contribution in [0.1, 0.15) is 43.9 Å². The van der Waals surface area contributed by atoms with Crippen molar-refractivity contribution in [2.75, 3.05) is 26.4 Å². The first-order valence-corrected chi connectivity index (χ1v) is 9.18. The van der Waals surface area contributed by atoms with Gasteiger partial charge in [0, 0.05) is 43.6 Å². The van der Waals surface area contributed by atoms with Gasteiger partial charge < -0.3 is 14.8 Å². The Hall–Kier alpha value is -1.91. The summed E-state index contributed by atoms with van der Waals surface area (Å²) in [4.78, 5) is 4.23. The van der Waals surface area contributed by atoms with Crippen molar-refractivity contribution < 1.29 is 9.47 Å². The monoisotopic (exact) mass is 340 g/mol. The number of hydrogen-bond acceptors (Lipinski definition) is 4. The number of rotatable bonds is 7. The second-order valence-electron chi connectivity index (χ2n) is 6.74. The second-order valence-corrected chi connectivity index (χ2v) is 6.74. The summed E-state index contributed by atoms with van der Waals surface area (Å²) in [5.74, 6) is 0.935. The number of nitrogens with zero attached hydrogens (tertiary/aromatic N) is 1. The molecular formula is C21H28N2O2. The van der Waals surface area contributed by atoms with Crippen LogP contribution in [0.2, 0.25) is 0 Å². The summed E-state index contributed by atoms with van der Waals surface area (Å²) in [5, 5.41) is 3.72. The molecule has 1 fully saturated rings. The van der Waals surface area contributed by atoms with Crippen LogP contribution in [0, 0.1) is 0 Å². The molecule has 2 heterocycles. The molecule has 0 aliphatic carbocycles. The molecule has 0 spiro atoms. The van der Waals surface area contributed by atoms with E-state index in [1.54, 1.807) is 0 Å². The van der Waals surface area contributed by atoms with Crippen LogP contribution in [0.3, 0.4) is 0 Å². The number of pyridine rings is 1. The van der Waals surface area contributed by atoms with Gasteiger partial charge in [-0.25, -0.2) is 0 Å². The van der Waals surface area contributed by atoms with E-state index in [1.807, 2.05) is 25.4 Å². The molecule has 3 rings (SSSR count). The molecule has 1 saturated heterocycles. The maximum Gasteiger partial charge on any atom is 0.119 e. The highest BCUT2D eigenvalue weighted by Gasteiger charge is 2.34. The van der Waals surface area contributed by atoms with Gasteiger partial charge in [-0.2, -0.15) is 0 Å². The molecule has 0 bridgehead atoms. The molecule has 0 saturated carbocycles. The van der Waals surface area contributed by atoms with Crippen molar-refractivity contribution in [1.82, 2.24) is 10.3 Å². The first kappa shape index (κ1) is 17.9. The predicted octanol–water partition coefficient (Wildman–Crippen LogP) is 3.88. The number of nitrogens with one attached hydrogen (secondary N) is 1. The molecule has 1 atom stereocenters. The topological polar surface area (TPSA) is 43.4 Å². The first-order chi connectivity index (χ1) is 12.2. The van der Waals surface area contributed by atoms with Gasteiger partial charge in [0.05, 0.1) is 6.61 Å². The van der Waals surface area contributed by atoms with E-state index in [1.165, 1.54) is 11.1 Å². The molecule has 1 aromatic heterocycles. The standard InChI is InChI=1S/C21H28N2O2/c1-3-25-20-8-6-19(7-9-20)21(10-13-24-14-11-21)16-23-17(2)18-5-4-12-22-15-18/h4-9,12,15,17,23H,3,10-11,13-14,16H2,1-2H3/t17-/m0/s1. The molecule has 0 amide bonds. The Balaban J connectivity index is 1.74. The smallest absolute Gasteiger partial charge is 0.119 e. The number of hydrogen-bond donors (Lipinski definition) is 1. The van der Waals surface area contributed by atoms with Gasteiger partial charge in [-0.3, -0.25) is 4.98 Å². The fourth-order valence-corrected chi connectivity index (χ4v) is 3.50. The molecule has 0 unspecified atom stereocenters. The molecule has 1 aliphatic rings. The van der Waals surface area contributed by atoms with Crippen molar-refractivity contribution in [1.29, 1.82) is 0 Å². The van der Waals surface area contributed by atoms with Crippen molar-refractivity contribution in [3.05, 3.63) is 59.9 Å². The normalized spacial score (nSPS) is 17.8. The Bertz CT molecular complexity index is 637. The minimum Gasteiger partial charge on any atom is -0.494 e. The minimum absolute atomic E-state index is 0.111. The summed E-state index contributed by atoms with van der Waals surface area (Å²) in [5.41, 5.74) is 2.70. The van der Waals surface area contributed by atoms with Crippen LogP contribution in [0.25, 0.3) is 0 Å². The molecule has 1 aromatic carbocycles. The third-order valence-corrected chi connectivity index (χ3v) is 5.16. The SMILES string of the molecule is CCOc1ccc(C2(CN[C@@H](C)c3cccnc3)CCOCC2)cc1. The second kappa shape index (κ2) is 8.45. The molecule has 1 N–H and O–H groups in total. The van der Waals surface area contributed by atoms with E-state index in [9.17, 15) is 0 Å². The highest BCUT2D eigenvalue weighted by atomic mass is 16.5. The zero-order chi connectivity index (χ0) is 17.5. The highest BCUT2D eigenvalue weighted by Crippen LogP contribution is 2.35. The number of ether oxygens (including phenoxy) is 2. The summed E-state index contributed by atoms with van der Waals surface area (Å²) in [6, 6.07) is 13.0. The summed E-state index contributed by atoms with van der Waals surface area (Å²) in [6.07, 6.45) is 5.82. The third kappa shape index (κ3) is 4.39. The Morgan fingerprint density at radius 2 is 1.96 bits per heavy atom. The highest BCUT2D eigenvalue weighted by molar-refractivity contribution is 5.33. The summed E-state index contributed by atoms with van der Waals surface area (Å²) < 4.78 is 11.2. The van der Waals surface area contributed by atoms with Gasteiger partial charge >= 0.3 is 0 Å². The van der Waals surface area contributed by atoms with Gasteiger partial charge in [0.2, 0.25) is 0 Å². The molecule has 134 valence electrons. The van der Waals surface area contributed by atoms with E-state index >= 15 is 0 Å². The van der Waals surface area contributed by atoms with Crippen molar-refractivity contribution in [2.45, 2.75) is 38.1 Å². The van der Waals surface area contributed by atoms with Crippen LogP contribution >= 0.6 is 0 Å². The van der Waals surface area contributed by atoms with E-state index < -0.39 is 0 Å². The maximum absolute atomic E-state index is 5.64. The van der Waals surface area contributed by atoms with E-state index in [0.29, 0.717) is 6.61 Å². The van der Waals surface area contributed by atoms with E-state index in [0.717, 1.165) is 38.3 Å². The lowest BCUT2D eigenvalue weighted by Crippen LogP contribution is -2.43. The van der Waals surface area contributed by atoms with Crippen molar-refractivity contribution in [3.63, 3.8) is 0 Å². The van der Waals surface area contributed by atoms with Gasteiger partial charge in [-0.15, -0.1) is 0 Å². The fraction of sp³-hybridized carbons (Fsp3) is 0.476. The van der Waals surface area contributed by atoms with E-state index in [4.69, 9.17) is 9.47 Å². The van der Waals surface area contributed by atoms with Gasteiger partial charge in [0.25, 0.3) is 0 Å². The Labute approximate surface area is 150 Å². The zero-order valence-electron chi connectivity index (χ0n) is 15.2. The van der Waals surface area contributed by atoms with Crippen LogP contribution < -0.4 is 10.1 Å². The molecule has 2 aromatic rings. The fourth-order valence-electron chi connectivity index (χ4n) is 3.50. The van der Waals surface area contributed by atoms with Crippen molar-refractivity contribution >= 4 is 0 Å². The predicted molar refractivity (Wildman–Crippen MR) is 100.0 cm³/mol. The number of benzene rings is 1. The Morgan fingerprint density at radius 1 is 1.20 bits per heavy atom. The summed E-state index contributed by atoms with van der Waals surface area (Å²) >= 11 is 0. The van der Waals surface area contributed by atoms with Gasteiger partial charge in [0.1, 0.15) is 5.75 Å². The quantitative estimate of drug-likeness (QED) is 0.831. The molecule has 4 nitrogen and oxygen atoms in total. The molecule has 25 heavy (non-hydrogen) atoms. The molecule has 0 radical (unpaired) electrons. The molecule has 1 aliphatic heterocycles. The number of aromatic nitrogens is 1. The minimum atomic E-state index is 0.111. The third-order valence-electron chi connectivity index (χ3n) is 5.16. The van der Waals surface area contributed by atoms with Gasteiger partial charge in [-0.05, 0) is 56.0 Å². The van der Waals surface area contributed by atoms with Crippen molar-refractivity contribution in [3.8, 4) is 5.75 Å². The van der Waals surface area contributed by atoms with E-state index in [2.05, 4.69) is 47.6 Å². The van der Waals surface area contributed by atoms with Crippen LogP contribution in [0.15, 0.2) is 48.8 Å². The lowest BCUT2D eigenvalue weighted by atomic mass is 9.74. The van der Waals surface area contributed by atoms with Crippen LogP contribution in [-0.4, -0.2) is 31.3 Å². The zero-order valence-corrected chi connectivity index (χ0v) is 15.2. The van der Waals surface area contributed by atoms with E-state index in [-0.39, 0.29) is 11.5 Å². The maximum atomic E-state index is 5.64. The van der Waals surface area contributed by atoms with Gasteiger partial charge in [0.15, 0.2) is 0 Å². The summed E-state index contributed by atoms with van der Waals surface area (Å²) in [7, 11) is 0. The van der Waals surface area contributed by atoms with Crippen LogP contribution in [-0.2, 0) is 10.2 Å². The van der Waals surface area contributed by atoms with Crippen LogP contribution in [0.4, 0.5) is 0 Å². The Morgan fingerprint density at radius 3 is 2.60 bits per heavy atom. The van der Waals surface area contributed by atoms with Crippen molar-refractivity contribution in [2.24, 2.45) is 0 Å². The average Bonchev–Trinajstić information content (AvgIpc) is 2.68. The largest absolute Gasteiger partial charge is 0.494 e. The van der Waals surface area contributed by atoms with Gasteiger partial charge in [-0.1, -0.05) is 18.2 Å². The average molecular weight is 340 g/mol. The Kier molecular flexibility index (Phi) is 6.05. The molecular weight excluding hydrogens is 312 g/mol. The first-order valence-electron chi connectivity index (χ1n) is 9.18.